The largest absolute Gasteiger partial charge is 0.385 e. The van der Waals surface area contributed by atoms with Crippen LogP contribution in [0.3, 0.4) is 0 Å². The highest BCUT2D eigenvalue weighted by atomic mass is 19.1. The first-order valence-corrected chi connectivity index (χ1v) is 6.41. The minimum Gasteiger partial charge on any atom is -0.385 e. The van der Waals surface area contributed by atoms with Gasteiger partial charge in [0.15, 0.2) is 0 Å². The van der Waals surface area contributed by atoms with Crippen LogP contribution in [0.4, 0.5) is 10.1 Å². The Kier molecular flexibility index (Phi) is 3.01. The van der Waals surface area contributed by atoms with Gasteiger partial charge < -0.3 is 5.32 Å². The molecule has 1 heterocycles. The number of hydrogen-bond donors (Lipinski definition) is 1. The number of halogens is 1. The minimum absolute atomic E-state index is 0.175. The van der Waals surface area contributed by atoms with E-state index in [1.54, 1.807) is 0 Å². The van der Waals surface area contributed by atoms with E-state index in [2.05, 4.69) is 23.5 Å². The molecule has 0 atom stereocenters. The molecule has 0 spiro atoms. The summed E-state index contributed by atoms with van der Waals surface area (Å²) >= 11 is 0. The smallest absolute Gasteiger partial charge is 0.123 e. The minimum atomic E-state index is -0.175. The summed E-state index contributed by atoms with van der Waals surface area (Å²) in [5.74, 6) is -0.175. The second-order valence-corrected chi connectivity index (χ2v) is 4.83. The molecule has 2 aromatic carbocycles. The Labute approximate surface area is 107 Å². The maximum Gasteiger partial charge on any atom is 0.123 e. The van der Waals surface area contributed by atoms with Crippen LogP contribution in [-0.4, -0.2) is 6.54 Å². The van der Waals surface area contributed by atoms with Gasteiger partial charge in [-0.15, -0.1) is 0 Å². The molecule has 0 radical (unpaired) electrons. The molecule has 18 heavy (non-hydrogen) atoms. The van der Waals surface area contributed by atoms with Gasteiger partial charge in [0, 0.05) is 12.2 Å². The maximum atomic E-state index is 12.8. The average molecular weight is 241 g/mol. The van der Waals surface area contributed by atoms with E-state index in [-0.39, 0.29) is 5.82 Å². The van der Waals surface area contributed by atoms with Crippen molar-refractivity contribution in [3.63, 3.8) is 0 Å². The molecule has 1 aliphatic heterocycles. The van der Waals surface area contributed by atoms with Crippen LogP contribution in [0.1, 0.15) is 23.1 Å². The normalized spacial score (nSPS) is 13.8. The first-order chi connectivity index (χ1) is 8.81. The zero-order chi connectivity index (χ0) is 12.4. The van der Waals surface area contributed by atoms with E-state index in [0.29, 0.717) is 0 Å². The second-order valence-electron chi connectivity index (χ2n) is 4.83. The summed E-state index contributed by atoms with van der Waals surface area (Å²) in [5, 5.41) is 3.44. The zero-order valence-electron chi connectivity index (χ0n) is 10.2. The Bertz CT molecular complexity index is 546. The standard InChI is InChI=1S/C16H16FN/c17-15-7-4-12(5-8-15)10-13-3-6-14-2-1-9-18-16(14)11-13/h3-8,11,18H,1-2,9-10H2. The van der Waals surface area contributed by atoms with Gasteiger partial charge in [-0.25, -0.2) is 4.39 Å². The summed E-state index contributed by atoms with van der Waals surface area (Å²) in [6.45, 7) is 1.06. The van der Waals surface area contributed by atoms with E-state index in [1.807, 2.05) is 12.1 Å². The van der Waals surface area contributed by atoms with E-state index in [4.69, 9.17) is 0 Å². The van der Waals surface area contributed by atoms with Crippen LogP contribution < -0.4 is 5.32 Å². The van der Waals surface area contributed by atoms with E-state index < -0.39 is 0 Å². The summed E-state index contributed by atoms with van der Waals surface area (Å²) in [6.07, 6.45) is 3.23. The quantitative estimate of drug-likeness (QED) is 0.843. The van der Waals surface area contributed by atoms with Crippen molar-refractivity contribution in [2.45, 2.75) is 19.3 Å². The summed E-state index contributed by atoms with van der Waals surface area (Å²) in [4.78, 5) is 0. The number of hydrogen-bond acceptors (Lipinski definition) is 1. The lowest BCUT2D eigenvalue weighted by Crippen LogP contribution is -2.11. The van der Waals surface area contributed by atoms with Crippen molar-refractivity contribution in [2.75, 3.05) is 11.9 Å². The Balaban J connectivity index is 1.82. The summed E-state index contributed by atoms with van der Waals surface area (Å²) in [7, 11) is 0. The van der Waals surface area contributed by atoms with Crippen molar-refractivity contribution in [1.82, 2.24) is 0 Å². The third-order valence-electron chi connectivity index (χ3n) is 3.43. The van der Waals surface area contributed by atoms with Gasteiger partial charge in [-0.05, 0) is 54.2 Å². The third-order valence-corrected chi connectivity index (χ3v) is 3.43. The molecule has 0 fully saturated rings. The van der Waals surface area contributed by atoms with Crippen molar-refractivity contribution < 1.29 is 4.39 Å². The fraction of sp³-hybridized carbons (Fsp3) is 0.250. The topological polar surface area (TPSA) is 12.0 Å². The van der Waals surface area contributed by atoms with Gasteiger partial charge in [-0.1, -0.05) is 24.3 Å². The second kappa shape index (κ2) is 4.81. The molecule has 2 heteroatoms. The Hall–Kier alpha value is -1.83. The molecule has 92 valence electrons. The summed E-state index contributed by atoms with van der Waals surface area (Å²) in [5.41, 5.74) is 5.09. The number of rotatable bonds is 2. The molecule has 1 aliphatic rings. The first kappa shape index (κ1) is 11.3. The Morgan fingerprint density at radius 1 is 1.00 bits per heavy atom. The molecule has 2 aromatic rings. The summed E-state index contributed by atoms with van der Waals surface area (Å²) in [6, 6.07) is 13.3. The lowest BCUT2D eigenvalue weighted by Gasteiger charge is -2.18. The van der Waals surface area contributed by atoms with Crippen molar-refractivity contribution in [2.24, 2.45) is 0 Å². The van der Waals surface area contributed by atoms with Gasteiger partial charge in [0.2, 0.25) is 0 Å². The molecule has 0 aliphatic carbocycles. The van der Waals surface area contributed by atoms with Crippen molar-refractivity contribution >= 4 is 5.69 Å². The average Bonchev–Trinajstić information content (AvgIpc) is 2.41. The molecule has 1 nitrogen and oxygen atoms in total. The van der Waals surface area contributed by atoms with Crippen LogP contribution in [0.25, 0.3) is 0 Å². The number of nitrogens with one attached hydrogen (secondary N) is 1. The molecule has 0 amide bonds. The monoisotopic (exact) mass is 241 g/mol. The van der Waals surface area contributed by atoms with Crippen LogP contribution in [-0.2, 0) is 12.8 Å². The molecule has 0 saturated carbocycles. The van der Waals surface area contributed by atoms with Crippen molar-refractivity contribution in [3.8, 4) is 0 Å². The third kappa shape index (κ3) is 2.37. The van der Waals surface area contributed by atoms with Crippen LogP contribution in [0, 0.1) is 5.82 Å². The van der Waals surface area contributed by atoms with Gasteiger partial charge in [0.25, 0.3) is 0 Å². The van der Waals surface area contributed by atoms with Gasteiger partial charge in [-0.2, -0.15) is 0 Å². The van der Waals surface area contributed by atoms with Crippen molar-refractivity contribution in [3.05, 3.63) is 65.0 Å². The number of benzene rings is 2. The van der Waals surface area contributed by atoms with Gasteiger partial charge in [0.1, 0.15) is 5.82 Å². The van der Waals surface area contributed by atoms with E-state index in [9.17, 15) is 4.39 Å². The molecule has 0 bridgehead atoms. The number of fused-ring (bicyclic) bond motifs is 1. The molecule has 3 rings (SSSR count). The van der Waals surface area contributed by atoms with Crippen LogP contribution >= 0.6 is 0 Å². The van der Waals surface area contributed by atoms with Gasteiger partial charge in [-0.3, -0.25) is 0 Å². The Morgan fingerprint density at radius 3 is 2.61 bits per heavy atom. The fourth-order valence-corrected chi connectivity index (χ4v) is 2.46. The lowest BCUT2D eigenvalue weighted by molar-refractivity contribution is 0.627. The number of anilines is 1. The Morgan fingerprint density at radius 2 is 1.78 bits per heavy atom. The van der Waals surface area contributed by atoms with Gasteiger partial charge in [0.05, 0.1) is 0 Å². The van der Waals surface area contributed by atoms with Gasteiger partial charge >= 0.3 is 0 Å². The van der Waals surface area contributed by atoms with Crippen LogP contribution in [0.2, 0.25) is 0 Å². The fourth-order valence-electron chi connectivity index (χ4n) is 2.46. The summed E-state index contributed by atoms with van der Waals surface area (Å²) < 4.78 is 12.8. The molecule has 0 unspecified atom stereocenters. The molecule has 0 saturated heterocycles. The van der Waals surface area contributed by atoms with Crippen LogP contribution in [0.5, 0.6) is 0 Å². The van der Waals surface area contributed by atoms with Crippen molar-refractivity contribution in [1.29, 1.82) is 0 Å². The molecule has 0 aromatic heterocycles. The molecular formula is C16H16FN. The first-order valence-electron chi connectivity index (χ1n) is 6.41. The van der Waals surface area contributed by atoms with E-state index in [0.717, 1.165) is 18.5 Å². The SMILES string of the molecule is Fc1ccc(Cc2ccc3c(c2)NCCC3)cc1. The van der Waals surface area contributed by atoms with E-state index >= 15 is 0 Å². The highest BCUT2D eigenvalue weighted by molar-refractivity contribution is 5.55. The predicted octanol–water partition coefficient (Wildman–Crippen LogP) is 3.77. The zero-order valence-corrected chi connectivity index (χ0v) is 10.2. The highest BCUT2D eigenvalue weighted by Gasteiger charge is 2.08. The van der Waals surface area contributed by atoms with Crippen LogP contribution in [0.15, 0.2) is 42.5 Å². The number of aryl methyl sites for hydroxylation is 1. The maximum absolute atomic E-state index is 12.8. The molecular weight excluding hydrogens is 225 g/mol. The predicted molar refractivity (Wildman–Crippen MR) is 72.5 cm³/mol. The highest BCUT2D eigenvalue weighted by Crippen LogP contribution is 2.24. The van der Waals surface area contributed by atoms with E-state index in [1.165, 1.54) is 41.8 Å². The molecule has 1 N–H and O–H groups in total. The lowest BCUT2D eigenvalue weighted by atomic mass is 9.98.